The van der Waals surface area contributed by atoms with E-state index in [1.165, 1.54) is 17.0 Å². The van der Waals surface area contributed by atoms with Crippen molar-refractivity contribution in [1.29, 1.82) is 0 Å². The van der Waals surface area contributed by atoms with Gasteiger partial charge in [0.1, 0.15) is 12.6 Å². The average Bonchev–Trinajstić information content (AvgIpc) is 2.97. The summed E-state index contributed by atoms with van der Waals surface area (Å²) in [5, 5.41) is 3.51. The highest BCUT2D eigenvalue weighted by Crippen LogP contribution is 2.31. The predicted molar refractivity (Wildman–Crippen MR) is 163 cm³/mol. The van der Waals surface area contributed by atoms with Gasteiger partial charge < -0.3 is 10.2 Å². The van der Waals surface area contributed by atoms with Crippen molar-refractivity contribution >= 4 is 39.1 Å². The number of rotatable bonds is 10. The minimum Gasteiger partial charge on any atom is -0.352 e. The molecule has 9 heteroatoms. The summed E-state index contributed by atoms with van der Waals surface area (Å²) < 4.78 is 29.1. The van der Waals surface area contributed by atoms with Crippen LogP contribution in [-0.2, 0) is 26.2 Å². The zero-order chi connectivity index (χ0) is 29.6. The Morgan fingerprint density at radius 3 is 2.24 bits per heavy atom. The standard InChI is InChI=1S/C32H38ClN3O4S/c1-23-17-19-28(20-18-23)41(39,40)36(30-16-10-15-29(33)24(30)2)22-31(37)35(21-26-11-6-4-7-12-26)25(3)32(38)34-27-13-8-5-9-14-27/h4,6-7,10-12,15-20,25,27H,5,8-9,13-14,21-22H2,1-3H3,(H,34,38)/t25-/m0/s1. The summed E-state index contributed by atoms with van der Waals surface area (Å²) >= 11 is 6.40. The molecule has 0 radical (unpaired) electrons. The molecule has 4 rings (SSSR count). The van der Waals surface area contributed by atoms with Crippen LogP contribution < -0.4 is 9.62 Å². The minimum atomic E-state index is -4.15. The normalized spacial score (nSPS) is 14.7. The highest BCUT2D eigenvalue weighted by molar-refractivity contribution is 7.92. The fourth-order valence-corrected chi connectivity index (χ4v) is 6.79. The zero-order valence-electron chi connectivity index (χ0n) is 23.8. The number of carbonyl (C=O) groups excluding carboxylic acids is 2. The highest BCUT2D eigenvalue weighted by Gasteiger charge is 2.34. The fourth-order valence-electron chi connectivity index (χ4n) is 5.15. The van der Waals surface area contributed by atoms with E-state index in [4.69, 9.17) is 11.6 Å². The van der Waals surface area contributed by atoms with E-state index in [1.807, 2.05) is 37.3 Å². The largest absolute Gasteiger partial charge is 0.352 e. The number of anilines is 1. The lowest BCUT2D eigenvalue weighted by Gasteiger charge is -2.33. The highest BCUT2D eigenvalue weighted by atomic mass is 35.5. The molecule has 41 heavy (non-hydrogen) atoms. The molecular formula is C32H38ClN3O4S. The van der Waals surface area contributed by atoms with Crippen LogP contribution in [0.15, 0.2) is 77.7 Å². The van der Waals surface area contributed by atoms with Gasteiger partial charge in [-0.2, -0.15) is 0 Å². The summed E-state index contributed by atoms with van der Waals surface area (Å²) in [5.74, 6) is -0.733. The van der Waals surface area contributed by atoms with Gasteiger partial charge in [-0.3, -0.25) is 13.9 Å². The van der Waals surface area contributed by atoms with E-state index in [0.29, 0.717) is 16.3 Å². The van der Waals surface area contributed by atoms with Gasteiger partial charge in [-0.05, 0) is 69.0 Å². The van der Waals surface area contributed by atoms with Gasteiger partial charge in [0.15, 0.2) is 0 Å². The molecular weight excluding hydrogens is 558 g/mol. The third-order valence-electron chi connectivity index (χ3n) is 7.71. The summed E-state index contributed by atoms with van der Waals surface area (Å²) in [4.78, 5) is 29.0. The van der Waals surface area contributed by atoms with Crippen LogP contribution in [0.4, 0.5) is 5.69 Å². The number of nitrogens with one attached hydrogen (secondary N) is 1. The number of hydrogen-bond donors (Lipinski definition) is 1. The smallest absolute Gasteiger partial charge is 0.264 e. The van der Waals surface area contributed by atoms with Gasteiger partial charge in [-0.1, -0.05) is 85.0 Å². The third kappa shape index (κ3) is 7.49. The van der Waals surface area contributed by atoms with Gasteiger partial charge in [-0.15, -0.1) is 0 Å². The topological polar surface area (TPSA) is 86.8 Å². The van der Waals surface area contributed by atoms with Gasteiger partial charge in [0.2, 0.25) is 11.8 Å². The van der Waals surface area contributed by atoms with E-state index in [0.717, 1.165) is 47.5 Å². The maximum absolute atomic E-state index is 14.1. The van der Waals surface area contributed by atoms with E-state index in [1.54, 1.807) is 44.2 Å². The molecule has 3 aromatic rings. The van der Waals surface area contributed by atoms with Gasteiger partial charge in [0, 0.05) is 17.6 Å². The first-order chi connectivity index (χ1) is 19.6. The lowest BCUT2D eigenvalue weighted by Crippen LogP contribution is -2.53. The molecule has 1 atom stereocenters. The quantitative estimate of drug-likeness (QED) is 0.311. The number of halogens is 1. The molecule has 2 amide bonds. The molecule has 1 aliphatic rings. The van der Waals surface area contributed by atoms with Crippen molar-refractivity contribution in [3.8, 4) is 0 Å². The lowest BCUT2D eigenvalue weighted by atomic mass is 9.95. The molecule has 3 aromatic carbocycles. The predicted octanol–water partition coefficient (Wildman–Crippen LogP) is 6.02. The van der Waals surface area contributed by atoms with Crippen molar-refractivity contribution in [1.82, 2.24) is 10.2 Å². The Labute approximate surface area is 248 Å². The Morgan fingerprint density at radius 1 is 0.927 bits per heavy atom. The summed E-state index contributed by atoms with van der Waals surface area (Å²) in [7, 11) is -4.15. The number of benzene rings is 3. The molecule has 0 saturated heterocycles. The number of amides is 2. The van der Waals surface area contributed by atoms with E-state index < -0.39 is 28.5 Å². The Kier molecular flexibility index (Phi) is 10.1. The van der Waals surface area contributed by atoms with Gasteiger partial charge in [0.05, 0.1) is 10.6 Å². The molecule has 0 unspecified atom stereocenters. The second kappa shape index (κ2) is 13.5. The number of carbonyl (C=O) groups is 2. The van der Waals surface area contributed by atoms with E-state index in [9.17, 15) is 18.0 Å². The molecule has 7 nitrogen and oxygen atoms in total. The fraction of sp³-hybridized carbons (Fsp3) is 0.375. The van der Waals surface area contributed by atoms with Gasteiger partial charge in [0.25, 0.3) is 10.0 Å². The van der Waals surface area contributed by atoms with E-state index in [-0.39, 0.29) is 23.4 Å². The summed E-state index contributed by atoms with van der Waals surface area (Å²) in [5.41, 5.74) is 2.60. The van der Waals surface area contributed by atoms with Crippen LogP contribution >= 0.6 is 11.6 Å². The Balaban J connectivity index is 1.69. The molecule has 0 heterocycles. The van der Waals surface area contributed by atoms with Crippen molar-refractivity contribution < 1.29 is 18.0 Å². The van der Waals surface area contributed by atoms with Crippen LogP contribution in [0.2, 0.25) is 5.02 Å². The first-order valence-electron chi connectivity index (χ1n) is 14.1. The van der Waals surface area contributed by atoms with E-state index >= 15 is 0 Å². The number of aryl methyl sites for hydroxylation is 1. The number of hydrogen-bond acceptors (Lipinski definition) is 4. The Morgan fingerprint density at radius 2 is 1.59 bits per heavy atom. The van der Waals surface area contributed by atoms with Crippen LogP contribution in [0.25, 0.3) is 0 Å². The van der Waals surface area contributed by atoms with Crippen molar-refractivity contribution in [3.63, 3.8) is 0 Å². The molecule has 218 valence electrons. The molecule has 0 bridgehead atoms. The maximum atomic E-state index is 14.1. The lowest BCUT2D eigenvalue weighted by molar-refractivity contribution is -0.139. The van der Waals surface area contributed by atoms with Gasteiger partial charge in [-0.25, -0.2) is 8.42 Å². The third-order valence-corrected chi connectivity index (χ3v) is 9.89. The molecule has 1 fully saturated rings. The van der Waals surface area contributed by atoms with Crippen LogP contribution in [0.5, 0.6) is 0 Å². The number of sulfonamides is 1. The van der Waals surface area contributed by atoms with Gasteiger partial charge >= 0.3 is 0 Å². The Bertz CT molecular complexity index is 1460. The molecule has 0 spiro atoms. The second-order valence-corrected chi connectivity index (χ2v) is 13.0. The molecule has 1 saturated carbocycles. The van der Waals surface area contributed by atoms with Crippen molar-refractivity contribution in [2.45, 2.75) is 76.4 Å². The van der Waals surface area contributed by atoms with Crippen LogP contribution in [0.3, 0.4) is 0 Å². The SMILES string of the molecule is Cc1ccc(S(=O)(=O)N(CC(=O)N(Cc2ccccc2)[C@@H](C)C(=O)NC2CCCCC2)c2cccc(Cl)c2C)cc1. The Hall–Kier alpha value is -3.36. The van der Waals surface area contributed by atoms with Crippen molar-refractivity contribution in [3.05, 3.63) is 94.5 Å². The first kappa shape index (κ1) is 30.6. The molecule has 1 aliphatic carbocycles. The first-order valence-corrected chi connectivity index (χ1v) is 15.9. The maximum Gasteiger partial charge on any atom is 0.264 e. The summed E-state index contributed by atoms with van der Waals surface area (Å²) in [6.45, 7) is 4.96. The van der Waals surface area contributed by atoms with Crippen molar-refractivity contribution in [2.24, 2.45) is 0 Å². The molecule has 1 N–H and O–H groups in total. The van der Waals surface area contributed by atoms with Crippen LogP contribution in [-0.4, -0.2) is 43.8 Å². The molecule has 0 aromatic heterocycles. The van der Waals surface area contributed by atoms with Crippen LogP contribution in [0.1, 0.15) is 55.7 Å². The molecule has 0 aliphatic heterocycles. The average molecular weight is 596 g/mol. The van der Waals surface area contributed by atoms with Crippen molar-refractivity contribution in [2.75, 3.05) is 10.8 Å². The second-order valence-electron chi connectivity index (χ2n) is 10.7. The minimum absolute atomic E-state index is 0.0629. The van der Waals surface area contributed by atoms with Crippen LogP contribution in [0, 0.1) is 13.8 Å². The number of nitrogens with zero attached hydrogens (tertiary/aromatic N) is 2. The summed E-state index contributed by atoms with van der Waals surface area (Å²) in [6.07, 6.45) is 5.13. The summed E-state index contributed by atoms with van der Waals surface area (Å²) in [6, 6.07) is 20.1. The van der Waals surface area contributed by atoms with E-state index in [2.05, 4.69) is 5.32 Å². The zero-order valence-corrected chi connectivity index (χ0v) is 25.4. The monoisotopic (exact) mass is 595 g/mol.